The topological polar surface area (TPSA) is 47.0 Å². The van der Waals surface area contributed by atoms with E-state index in [-0.39, 0.29) is 0 Å². The first-order chi connectivity index (χ1) is 7.79. The molecule has 1 aromatic rings. The summed E-state index contributed by atoms with van der Waals surface area (Å²) in [7, 11) is 0. The molecular weight excluding hydrogens is 317 g/mol. The number of anilines is 1. The van der Waals surface area contributed by atoms with Crippen LogP contribution in [0.5, 0.6) is 0 Å². The van der Waals surface area contributed by atoms with E-state index < -0.39 is 0 Å². The molecule has 2 heterocycles. The van der Waals surface area contributed by atoms with Gasteiger partial charge in [-0.1, -0.05) is 0 Å². The van der Waals surface area contributed by atoms with Gasteiger partial charge in [0.05, 0.1) is 3.57 Å². The highest BCUT2D eigenvalue weighted by Gasteiger charge is 2.17. The molecule has 1 unspecified atom stereocenters. The molecular formula is C11H16IN3O. The minimum absolute atomic E-state index is 0.592. The van der Waals surface area contributed by atoms with E-state index in [1.807, 2.05) is 6.20 Å². The van der Waals surface area contributed by atoms with Gasteiger partial charge in [0.2, 0.25) is 0 Å². The monoisotopic (exact) mass is 333 g/mol. The number of ether oxygens (including phenoxy) is 1. The van der Waals surface area contributed by atoms with Crippen LogP contribution in [0.2, 0.25) is 0 Å². The third-order valence-corrected chi connectivity index (χ3v) is 3.42. The van der Waals surface area contributed by atoms with E-state index in [9.17, 15) is 0 Å². The fourth-order valence-electron chi connectivity index (χ4n) is 1.80. The summed E-state index contributed by atoms with van der Waals surface area (Å²) < 4.78 is 6.43. The Balaban J connectivity index is 2.05. The molecule has 2 rings (SSSR count). The van der Waals surface area contributed by atoms with Gasteiger partial charge in [0.15, 0.2) is 0 Å². The zero-order valence-electron chi connectivity index (χ0n) is 9.37. The van der Waals surface area contributed by atoms with E-state index in [4.69, 9.17) is 4.74 Å². The predicted molar refractivity (Wildman–Crippen MR) is 71.5 cm³/mol. The molecule has 0 aliphatic carbocycles. The summed E-state index contributed by atoms with van der Waals surface area (Å²) in [6, 6.07) is 0. The third-order valence-electron chi connectivity index (χ3n) is 2.63. The molecule has 1 atom stereocenters. The molecule has 1 aliphatic heterocycles. The second kappa shape index (κ2) is 5.77. The summed E-state index contributed by atoms with van der Waals surface area (Å²) in [4.78, 5) is 8.91. The first-order valence-electron chi connectivity index (χ1n) is 5.62. The molecule has 16 heavy (non-hydrogen) atoms. The fourth-order valence-corrected chi connectivity index (χ4v) is 2.25. The Morgan fingerprint density at radius 2 is 2.50 bits per heavy atom. The minimum Gasteiger partial charge on any atom is -0.381 e. The van der Waals surface area contributed by atoms with Crippen LogP contribution in [-0.2, 0) is 11.2 Å². The highest BCUT2D eigenvalue weighted by atomic mass is 127. The zero-order valence-corrected chi connectivity index (χ0v) is 11.5. The molecule has 1 aromatic heterocycles. The van der Waals surface area contributed by atoms with Crippen molar-refractivity contribution in [1.82, 2.24) is 9.97 Å². The van der Waals surface area contributed by atoms with Crippen molar-refractivity contribution in [2.45, 2.75) is 19.8 Å². The van der Waals surface area contributed by atoms with Crippen LogP contribution in [0.25, 0.3) is 0 Å². The average Bonchev–Trinajstić information content (AvgIpc) is 2.76. The Morgan fingerprint density at radius 1 is 1.62 bits per heavy atom. The van der Waals surface area contributed by atoms with Crippen molar-refractivity contribution in [3.05, 3.63) is 15.6 Å². The number of aromatic nitrogens is 2. The smallest absolute Gasteiger partial charge is 0.143 e. The number of hydrogen-bond donors (Lipinski definition) is 1. The molecule has 0 saturated carbocycles. The molecule has 0 radical (unpaired) electrons. The fraction of sp³-hybridized carbons (Fsp3) is 0.636. The van der Waals surface area contributed by atoms with Crippen LogP contribution in [0, 0.1) is 9.49 Å². The van der Waals surface area contributed by atoms with Crippen LogP contribution in [0.15, 0.2) is 6.20 Å². The van der Waals surface area contributed by atoms with Gasteiger partial charge in [-0.3, -0.25) is 0 Å². The van der Waals surface area contributed by atoms with Gasteiger partial charge in [0.1, 0.15) is 11.6 Å². The second-order valence-electron chi connectivity index (χ2n) is 3.95. The van der Waals surface area contributed by atoms with E-state index >= 15 is 0 Å². The number of nitrogens with one attached hydrogen (secondary N) is 1. The summed E-state index contributed by atoms with van der Waals surface area (Å²) >= 11 is 2.25. The Bertz CT molecular complexity index is 353. The first-order valence-corrected chi connectivity index (χ1v) is 6.70. The Hall–Kier alpha value is -0.430. The largest absolute Gasteiger partial charge is 0.381 e. The van der Waals surface area contributed by atoms with Crippen LogP contribution in [-0.4, -0.2) is 29.7 Å². The van der Waals surface area contributed by atoms with Crippen molar-refractivity contribution in [3.63, 3.8) is 0 Å². The van der Waals surface area contributed by atoms with E-state index in [1.165, 1.54) is 0 Å². The first kappa shape index (κ1) is 12.0. The van der Waals surface area contributed by atoms with E-state index in [2.05, 4.69) is 44.8 Å². The summed E-state index contributed by atoms with van der Waals surface area (Å²) in [5.41, 5.74) is 0. The third kappa shape index (κ3) is 3.04. The van der Waals surface area contributed by atoms with Crippen molar-refractivity contribution < 1.29 is 4.74 Å². The number of rotatable bonds is 4. The summed E-state index contributed by atoms with van der Waals surface area (Å²) in [6.07, 6.45) is 3.94. The normalized spacial score (nSPS) is 20.0. The molecule has 4 nitrogen and oxygen atoms in total. The molecule has 0 spiro atoms. The van der Waals surface area contributed by atoms with Gasteiger partial charge in [0.25, 0.3) is 0 Å². The van der Waals surface area contributed by atoms with Gasteiger partial charge in [-0.25, -0.2) is 9.97 Å². The van der Waals surface area contributed by atoms with Crippen LogP contribution in [0.1, 0.15) is 19.2 Å². The quantitative estimate of drug-likeness (QED) is 0.858. The molecule has 0 bridgehead atoms. The maximum atomic E-state index is 5.36. The van der Waals surface area contributed by atoms with Gasteiger partial charge in [0, 0.05) is 32.4 Å². The van der Waals surface area contributed by atoms with Crippen molar-refractivity contribution in [3.8, 4) is 0 Å². The molecule has 1 N–H and O–H groups in total. The molecule has 0 amide bonds. The highest BCUT2D eigenvalue weighted by molar-refractivity contribution is 14.1. The van der Waals surface area contributed by atoms with E-state index in [1.54, 1.807) is 0 Å². The molecule has 88 valence electrons. The molecule has 1 aliphatic rings. The van der Waals surface area contributed by atoms with Gasteiger partial charge >= 0.3 is 0 Å². The van der Waals surface area contributed by atoms with Crippen LogP contribution in [0.3, 0.4) is 0 Å². The minimum atomic E-state index is 0.592. The second-order valence-corrected chi connectivity index (χ2v) is 5.11. The molecule has 5 heteroatoms. The molecule has 1 saturated heterocycles. The van der Waals surface area contributed by atoms with Crippen molar-refractivity contribution >= 4 is 28.4 Å². The predicted octanol–water partition coefficient (Wildman–Crippen LogP) is 2.09. The van der Waals surface area contributed by atoms with Crippen LogP contribution >= 0.6 is 22.6 Å². The Kier molecular flexibility index (Phi) is 4.34. The summed E-state index contributed by atoms with van der Waals surface area (Å²) in [5, 5.41) is 3.25. The van der Waals surface area contributed by atoms with E-state index in [0.717, 1.165) is 47.8 Å². The molecule has 0 aromatic carbocycles. The number of nitrogens with zero attached hydrogens (tertiary/aromatic N) is 2. The Morgan fingerprint density at radius 3 is 3.19 bits per heavy atom. The maximum absolute atomic E-state index is 5.36. The van der Waals surface area contributed by atoms with Crippen molar-refractivity contribution in [2.24, 2.45) is 5.92 Å². The van der Waals surface area contributed by atoms with Gasteiger partial charge in [-0.2, -0.15) is 0 Å². The van der Waals surface area contributed by atoms with Crippen LogP contribution < -0.4 is 5.32 Å². The van der Waals surface area contributed by atoms with Gasteiger partial charge in [-0.05, 0) is 41.9 Å². The van der Waals surface area contributed by atoms with Gasteiger partial charge in [-0.15, -0.1) is 0 Å². The van der Waals surface area contributed by atoms with Crippen LogP contribution in [0.4, 0.5) is 5.82 Å². The SMILES string of the molecule is CCNc1nc(CC2CCOC2)ncc1I. The van der Waals surface area contributed by atoms with E-state index in [0.29, 0.717) is 5.92 Å². The number of halogens is 1. The van der Waals surface area contributed by atoms with Gasteiger partial charge < -0.3 is 10.1 Å². The zero-order chi connectivity index (χ0) is 11.4. The van der Waals surface area contributed by atoms with Crippen molar-refractivity contribution in [2.75, 3.05) is 25.1 Å². The highest BCUT2D eigenvalue weighted by Crippen LogP contribution is 2.19. The average molecular weight is 333 g/mol. The summed E-state index contributed by atoms with van der Waals surface area (Å²) in [5.74, 6) is 2.47. The lowest BCUT2D eigenvalue weighted by atomic mass is 10.1. The lowest BCUT2D eigenvalue weighted by Crippen LogP contribution is -2.10. The lowest BCUT2D eigenvalue weighted by molar-refractivity contribution is 0.185. The molecule has 1 fully saturated rings. The van der Waals surface area contributed by atoms with Crippen molar-refractivity contribution in [1.29, 1.82) is 0 Å². The lowest BCUT2D eigenvalue weighted by Gasteiger charge is -2.09. The standard InChI is InChI=1S/C11H16IN3O/c1-2-13-11-9(12)6-14-10(15-11)5-8-3-4-16-7-8/h6,8H,2-5,7H2,1H3,(H,13,14,15). The summed E-state index contributed by atoms with van der Waals surface area (Å²) in [6.45, 7) is 4.70. The Labute approximate surface area is 109 Å². The maximum Gasteiger partial charge on any atom is 0.143 e. The number of hydrogen-bond acceptors (Lipinski definition) is 4.